The van der Waals surface area contributed by atoms with Gasteiger partial charge in [-0.15, -0.1) is 0 Å². The lowest BCUT2D eigenvalue weighted by atomic mass is 10.1. The van der Waals surface area contributed by atoms with Crippen molar-refractivity contribution < 1.29 is 33.8 Å². The molecular weight excluding hydrogens is 613 g/mol. The Hall–Kier alpha value is -1.65. The molecule has 0 fully saturated rings. The van der Waals surface area contributed by atoms with Gasteiger partial charge in [-0.05, 0) is 100 Å². The summed E-state index contributed by atoms with van der Waals surface area (Å²) in [5, 5.41) is 21.5. The minimum atomic E-state index is -1.58. The van der Waals surface area contributed by atoms with Crippen LogP contribution in [0.15, 0.2) is 39.3 Å². The van der Waals surface area contributed by atoms with Crippen molar-refractivity contribution in [2.75, 3.05) is 18.6 Å². The monoisotopic (exact) mass is 635 g/mol. The highest BCUT2D eigenvalue weighted by Crippen LogP contribution is 2.42. The van der Waals surface area contributed by atoms with Crippen LogP contribution in [0.25, 0.3) is 0 Å². The van der Waals surface area contributed by atoms with E-state index >= 15 is 0 Å². The van der Waals surface area contributed by atoms with Crippen LogP contribution in [0.4, 0.5) is 0 Å². The molecule has 3 N–H and O–H groups in total. The molecule has 0 heterocycles. The number of nitrogens with one attached hydrogen (secondary N) is 1. The van der Waals surface area contributed by atoms with Crippen molar-refractivity contribution in [3.05, 3.63) is 50.4 Å². The van der Waals surface area contributed by atoms with Gasteiger partial charge in [0.05, 0.1) is 21.1 Å². The van der Waals surface area contributed by atoms with Crippen LogP contribution in [-0.2, 0) is 19.4 Å². The lowest BCUT2D eigenvalue weighted by Gasteiger charge is -2.19. The average molecular weight is 637 g/mol. The molecule has 0 saturated carbocycles. The predicted octanol–water partition coefficient (Wildman–Crippen LogP) is 5.58. The Kier molecular flexibility index (Phi) is 10.8. The van der Waals surface area contributed by atoms with Crippen molar-refractivity contribution in [3.8, 4) is 17.2 Å². The molecule has 2 unspecified atom stereocenters. The summed E-state index contributed by atoms with van der Waals surface area (Å²) >= 11 is 8.28. The lowest BCUT2D eigenvalue weighted by molar-refractivity contribution is -0.145. The molecule has 2 aromatic rings. The van der Waals surface area contributed by atoms with E-state index in [9.17, 15) is 24.4 Å². The van der Waals surface area contributed by atoms with Crippen molar-refractivity contribution in [2.45, 2.75) is 31.7 Å². The van der Waals surface area contributed by atoms with Gasteiger partial charge in [0.25, 0.3) is 5.91 Å². The number of aromatic hydroxyl groups is 1. The molecule has 0 radical (unpaired) electrons. The van der Waals surface area contributed by atoms with Crippen LogP contribution in [0.2, 0.25) is 0 Å². The molecule has 0 aliphatic rings. The first-order valence-electron chi connectivity index (χ1n) is 10.1. The van der Waals surface area contributed by atoms with Gasteiger partial charge in [0.15, 0.2) is 19.6 Å². The summed E-state index contributed by atoms with van der Waals surface area (Å²) in [6.45, 7) is 3.28. The molecule has 0 aromatic heterocycles. The maximum Gasteiger partial charge on any atom is 0.328 e. The number of thioether (sulfide) groups is 1. The SMILES string of the molecule is CCOC(=O)C(CCSC)NC(=O)c1cc(Oc2c(Br)cc(C(C)(O)P=O)cc2Br)ccc1O. The lowest BCUT2D eigenvalue weighted by Crippen LogP contribution is -2.42. The second-order valence-electron chi connectivity index (χ2n) is 7.22. The molecule has 184 valence electrons. The number of carbonyl (C=O) groups is 2. The number of hydrogen-bond acceptors (Lipinski definition) is 8. The standard InChI is InChI=1S/C22H24Br2NO7PS/c1-4-31-21(28)17(7-8-34-3)25-20(27)14-11-13(5-6-18(14)26)32-19-15(23)9-12(10-16(19)24)22(2,29)33-30/h5-6,9-11,17,26,29H,4,7-8H2,1-3H3,(H,25,27). The normalized spacial score (nSPS) is 13.7. The fourth-order valence-corrected chi connectivity index (χ4v) is 4.88. The third kappa shape index (κ3) is 7.42. The van der Waals surface area contributed by atoms with Gasteiger partial charge in [-0.2, -0.15) is 11.8 Å². The van der Waals surface area contributed by atoms with E-state index in [1.165, 1.54) is 36.9 Å². The molecule has 0 bridgehead atoms. The largest absolute Gasteiger partial charge is 0.507 e. The van der Waals surface area contributed by atoms with Gasteiger partial charge in [-0.25, -0.2) is 4.79 Å². The van der Waals surface area contributed by atoms with E-state index in [2.05, 4.69) is 37.2 Å². The van der Waals surface area contributed by atoms with Crippen molar-refractivity contribution in [1.82, 2.24) is 5.32 Å². The molecule has 2 atom stereocenters. The summed E-state index contributed by atoms with van der Waals surface area (Å²) in [7, 11) is -0.462. The fraction of sp³-hybridized carbons (Fsp3) is 0.364. The van der Waals surface area contributed by atoms with Gasteiger partial charge in [-0.3, -0.25) is 9.36 Å². The first kappa shape index (κ1) is 28.6. The number of hydrogen-bond donors (Lipinski definition) is 3. The van der Waals surface area contributed by atoms with Crippen LogP contribution in [-0.4, -0.2) is 46.7 Å². The molecule has 0 spiro atoms. The van der Waals surface area contributed by atoms with Crippen LogP contribution in [0.3, 0.4) is 0 Å². The number of rotatable bonds is 11. The molecule has 2 aromatic carbocycles. The molecular formula is C22H24Br2NO7PS. The van der Waals surface area contributed by atoms with Crippen molar-refractivity contribution >= 4 is 64.0 Å². The Bertz CT molecular complexity index is 1040. The van der Waals surface area contributed by atoms with E-state index in [-0.39, 0.29) is 23.7 Å². The van der Waals surface area contributed by atoms with Gasteiger partial charge in [0.2, 0.25) is 0 Å². The highest BCUT2D eigenvalue weighted by Gasteiger charge is 2.27. The van der Waals surface area contributed by atoms with E-state index < -0.39 is 31.7 Å². The minimum Gasteiger partial charge on any atom is -0.507 e. The summed E-state index contributed by atoms with van der Waals surface area (Å²) < 4.78 is 23.1. The van der Waals surface area contributed by atoms with Crippen LogP contribution < -0.4 is 10.1 Å². The summed E-state index contributed by atoms with van der Waals surface area (Å²) in [6.07, 6.45) is 2.27. The third-order valence-corrected chi connectivity index (χ3v) is 7.08. The summed E-state index contributed by atoms with van der Waals surface area (Å²) in [5.41, 5.74) is 0.309. The van der Waals surface area contributed by atoms with Crippen LogP contribution in [0.1, 0.15) is 36.2 Å². The Balaban J connectivity index is 2.30. The first-order chi connectivity index (χ1) is 16.0. The highest BCUT2D eigenvalue weighted by molar-refractivity contribution is 9.11. The zero-order valence-corrected chi connectivity index (χ0v) is 23.5. The second-order valence-corrected chi connectivity index (χ2v) is 11.0. The number of halogens is 2. The molecule has 8 nitrogen and oxygen atoms in total. The van der Waals surface area contributed by atoms with Gasteiger partial charge >= 0.3 is 5.97 Å². The fourth-order valence-electron chi connectivity index (χ4n) is 2.83. The zero-order chi connectivity index (χ0) is 25.5. The van der Waals surface area contributed by atoms with Crippen LogP contribution in [0.5, 0.6) is 17.2 Å². The Morgan fingerprint density at radius 1 is 1.24 bits per heavy atom. The number of phenolic OH excluding ortho intramolecular Hbond substituents is 1. The Labute approximate surface area is 220 Å². The third-order valence-electron chi connectivity index (χ3n) is 4.64. The van der Waals surface area contributed by atoms with Crippen molar-refractivity contribution in [2.24, 2.45) is 0 Å². The smallest absolute Gasteiger partial charge is 0.328 e. The van der Waals surface area contributed by atoms with E-state index in [0.717, 1.165) is 0 Å². The maximum atomic E-state index is 12.9. The van der Waals surface area contributed by atoms with E-state index in [4.69, 9.17) is 9.47 Å². The van der Waals surface area contributed by atoms with Gasteiger partial charge in [0, 0.05) is 0 Å². The van der Waals surface area contributed by atoms with Gasteiger partial charge in [0.1, 0.15) is 17.5 Å². The van der Waals surface area contributed by atoms with Gasteiger partial charge < -0.3 is 25.0 Å². The summed E-state index contributed by atoms with van der Waals surface area (Å²) in [6, 6.07) is 6.40. The molecule has 12 heteroatoms. The molecule has 0 aliphatic heterocycles. The summed E-state index contributed by atoms with van der Waals surface area (Å²) in [5.74, 6) is -0.267. The number of ether oxygens (including phenoxy) is 2. The second kappa shape index (κ2) is 12.9. The van der Waals surface area contributed by atoms with E-state index in [1.54, 1.807) is 19.1 Å². The number of carbonyl (C=O) groups excluding carboxylic acids is 2. The number of aliphatic hydroxyl groups is 1. The topological polar surface area (TPSA) is 122 Å². The maximum absolute atomic E-state index is 12.9. The van der Waals surface area contributed by atoms with Crippen molar-refractivity contribution in [1.29, 1.82) is 0 Å². The molecule has 1 amide bonds. The molecule has 34 heavy (non-hydrogen) atoms. The highest BCUT2D eigenvalue weighted by atomic mass is 79.9. The van der Waals surface area contributed by atoms with Crippen LogP contribution in [0, 0.1) is 0 Å². The number of amides is 1. The van der Waals surface area contributed by atoms with E-state index in [0.29, 0.717) is 32.4 Å². The van der Waals surface area contributed by atoms with Crippen LogP contribution >= 0.6 is 52.1 Å². The average Bonchev–Trinajstić information content (AvgIpc) is 2.79. The Morgan fingerprint density at radius 2 is 1.88 bits per heavy atom. The predicted molar refractivity (Wildman–Crippen MR) is 138 cm³/mol. The number of benzene rings is 2. The first-order valence-corrected chi connectivity index (χ1v) is 13.9. The van der Waals surface area contributed by atoms with E-state index in [1.807, 2.05) is 6.26 Å². The quantitative estimate of drug-likeness (QED) is 0.216. The van der Waals surface area contributed by atoms with Crippen molar-refractivity contribution in [3.63, 3.8) is 0 Å². The number of phenols is 1. The molecule has 2 rings (SSSR count). The molecule has 0 aliphatic carbocycles. The summed E-state index contributed by atoms with van der Waals surface area (Å²) in [4.78, 5) is 25.1. The number of esters is 1. The zero-order valence-electron chi connectivity index (χ0n) is 18.6. The Morgan fingerprint density at radius 3 is 2.44 bits per heavy atom. The minimum absolute atomic E-state index is 0.0760. The van der Waals surface area contributed by atoms with Gasteiger partial charge in [-0.1, -0.05) is 0 Å². The molecule has 0 saturated heterocycles.